The molecule has 0 saturated carbocycles. The number of hydrogen-bond donors (Lipinski definition) is 5. The van der Waals surface area contributed by atoms with Crippen molar-refractivity contribution in [3.8, 4) is 5.75 Å². The van der Waals surface area contributed by atoms with E-state index in [1.165, 1.54) is 109 Å². The minimum atomic E-state index is -0.645. The Kier molecular flexibility index (Phi) is 40.0. The molecule has 0 bridgehead atoms. The van der Waals surface area contributed by atoms with Crippen LogP contribution in [0.5, 0.6) is 5.75 Å². The molecule has 0 heterocycles. The Morgan fingerprint density at radius 3 is 1.18 bits per heavy atom. The monoisotopic (exact) mass is 1000 g/mol. The summed E-state index contributed by atoms with van der Waals surface area (Å²) in [6, 6.07) is 4.62. The maximum Gasteiger partial charge on any atom is 0.407 e. The lowest BCUT2D eigenvalue weighted by molar-refractivity contribution is -0.126. The van der Waals surface area contributed by atoms with Crippen LogP contribution in [-0.4, -0.2) is 101 Å². The fourth-order valence-corrected chi connectivity index (χ4v) is 8.31. The first-order chi connectivity index (χ1) is 34.3. The molecule has 2 atom stereocenters. The average molecular weight is 1000 g/mol. The smallest absolute Gasteiger partial charge is 0.407 e. The number of alkyl carbamates (subject to hydrolysis) is 1. The van der Waals surface area contributed by atoms with Gasteiger partial charge in [-0.05, 0) is 77.5 Å². The van der Waals surface area contributed by atoms with Crippen molar-refractivity contribution in [1.29, 1.82) is 0 Å². The Balaban J connectivity index is 2.65. The van der Waals surface area contributed by atoms with Gasteiger partial charge in [-0.1, -0.05) is 156 Å². The molecule has 14 nitrogen and oxygen atoms in total. The molecule has 0 radical (unpaired) electrons. The normalized spacial score (nSPS) is 12.2. The van der Waals surface area contributed by atoms with E-state index < -0.39 is 23.5 Å². The fraction of sp³-hybridized carbons (Fsp3) is 0.807. The summed E-state index contributed by atoms with van der Waals surface area (Å²) in [4.78, 5) is 65.0. The van der Waals surface area contributed by atoms with Gasteiger partial charge in [0, 0.05) is 62.4 Å². The number of benzene rings is 1. The van der Waals surface area contributed by atoms with Gasteiger partial charge >= 0.3 is 6.09 Å². The van der Waals surface area contributed by atoms with Gasteiger partial charge in [-0.15, -0.1) is 0 Å². The van der Waals surface area contributed by atoms with E-state index in [-0.39, 0.29) is 80.0 Å². The van der Waals surface area contributed by atoms with Crippen LogP contribution < -0.4 is 31.3 Å². The molecule has 0 saturated heterocycles. The van der Waals surface area contributed by atoms with E-state index in [9.17, 15) is 24.0 Å². The number of nitrogens with one attached hydrogen (secondary N) is 5. The van der Waals surface area contributed by atoms with E-state index in [2.05, 4.69) is 54.3 Å². The molecule has 0 aliphatic rings. The van der Waals surface area contributed by atoms with Crippen molar-refractivity contribution >= 4 is 29.7 Å². The van der Waals surface area contributed by atoms with Gasteiger partial charge in [-0.3, -0.25) is 19.2 Å². The maximum absolute atomic E-state index is 13.4. The quantitative estimate of drug-likeness (QED) is 0.0397. The molecule has 0 aromatic heterocycles. The number of ether oxygens (including phenoxy) is 4. The summed E-state index contributed by atoms with van der Waals surface area (Å²) in [5.41, 5.74) is -0.184. The lowest BCUT2D eigenvalue weighted by Crippen LogP contribution is -2.34. The molecule has 5 N–H and O–H groups in total. The molecule has 71 heavy (non-hydrogen) atoms. The van der Waals surface area contributed by atoms with Crippen LogP contribution in [-0.2, 0) is 23.8 Å². The highest BCUT2D eigenvalue weighted by atomic mass is 16.6. The first-order valence-electron chi connectivity index (χ1n) is 28.4. The number of unbranched alkanes of at least 4 members (excludes halogenated alkanes) is 16. The first kappa shape index (κ1) is 65.1. The Morgan fingerprint density at radius 2 is 0.789 bits per heavy atom. The van der Waals surface area contributed by atoms with Crippen LogP contribution in [0.3, 0.4) is 0 Å². The molecule has 0 aliphatic heterocycles. The maximum atomic E-state index is 13.4. The van der Waals surface area contributed by atoms with Gasteiger partial charge in [0.25, 0.3) is 11.8 Å². The van der Waals surface area contributed by atoms with Crippen molar-refractivity contribution in [3.63, 3.8) is 0 Å². The van der Waals surface area contributed by atoms with Gasteiger partial charge in [-0.2, -0.15) is 0 Å². The van der Waals surface area contributed by atoms with Gasteiger partial charge in [-0.25, -0.2) is 4.79 Å². The predicted octanol–water partition coefficient (Wildman–Crippen LogP) is 11.8. The van der Waals surface area contributed by atoms with E-state index in [0.717, 1.165) is 51.4 Å². The molecule has 5 amide bonds. The van der Waals surface area contributed by atoms with Crippen LogP contribution in [0.1, 0.15) is 236 Å². The fourth-order valence-electron chi connectivity index (χ4n) is 8.31. The lowest BCUT2D eigenvalue weighted by Gasteiger charge is -2.19. The summed E-state index contributed by atoms with van der Waals surface area (Å²) in [6.07, 6.45) is 28.5. The molecule has 14 heteroatoms. The van der Waals surface area contributed by atoms with E-state index >= 15 is 0 Å². The third kappa shape index (κ3) is 36.6. The number of rotatable bonds is 46. The average Bonchev–Trinajstić information content (AvgIpc) is 3.34. The standard InChI is InChI=1S/C57H103N5O9/c1-8-12-16-20-22-26-32-47(30-24-18-14-10-3)52(63)58-34-28-39-68-41-36-60-54(65)49-44-50(46-51(45-49)70-43-38-62-56(67)71-57(5,6)7)55(66)61-37-42-69-40-29-35-59-53(64)48(31-25-19-15-11-4)33-27-23-21-17-13-9-2/h44-48H,8-43H2,1-7H3,(H,58,63)(H,59,64)(H,60,65)(H,61,66)(H,62,67). The van der Waals surface area contributed by atoms with Crippen molar-refractivity contribution < 1.29 is 42.9 Å². The van der Waals surface area contributed by atoms with Crippen molar-refractivity contribution in [2.75, 3.05) is 65.8 Å². The second kappa shape index (κ2) is 43.7. The largest absolute Gasteiger partial charge is 0.492 e. The summed E-state index contributed by atoms with van der Waals surface area (Å²) in [5, 5.41) is 14.6. The van der Waals surface area contributed by atoms with Crippen molar-refractivity contribution in [2.45, 2.75) is 221 Å². The molecule has 0 spiro atoms. The molecule has 2 unspecified atom stereocenters. The SMILES string of the molecule is CCCCCCCCC(CCCCCC)C(=O)NCCCOCCNC(=O)c1cc(OCCNC(=O)OC(C)(C)C)cc(C(=O)NCCOCCCNC(=O)C(CCCCCC)CCCCCCCC)c1. The molecule has 1 rings (SSSR count). The Morgan fingerprint density at radius 1 is 0.423 bits per heavy atom. The van der Waals surface area contributed by atoms with Crippen molar-refractivity contribution in [3.05, 3.63) is 29.3 Å². The van der Waals surface area contributed by atoms with Crippen LogP contribution in [0, 0.1) is 11.8 Å². The highest BCUT2D eigenvalue weighted by Crippen LogP contribution is 2.22. The summed E-state index contributed by atoms with van der Waals surface area (Å²) in [7, 11) is 0. The Labute approximate surface area is 431 Å². The first-order valence-corrected chi connectivity index (χ1v) is 28.4. The minimum absolute atomic E-state index is 0.0672. The topological polar surface area (TPSA) is 182 Å². The van der Waals surface area contributed by atoms with Crippen LogP contribution >= 0.6 is 0 Å². The van der Waals surface area contributed by atoms with Gasteiger partial charge in [0.15, 0.2) is 0 Å². The lowest BCUT2D eigenvalue weighted by atomic mass is 9.93. The zero-order chi connectivity index (χ0) is 52.2. The summed E-state index contributed by atoms with van der Waals surface area (Å²) in [6.45, 7) is 17.4. The number of hydrogen-bond acceptors (Lipinski definition) is 9. The highest BCUT2D eigenvalue weighted by Gasteiger charge is 2.20. The van der Waals surface area contributed by atoms with Crippen LogP contribution in [0.25, 0.3) is 0 Å². The van der Waals surface area contributed by atoms with Crippen LogP contribution in [0.4, 0.5) is 4.79 Å². The van der Waals surface area contributed by atoms with E-state index in [4.69, 9.17) is 18.9 Å². The molecule has 0 aliphatic carbocycles. The van der Waals surface area contributed by atoms with Gasteiger partial charge in [0.1, 0.15) is 18.0 Å². The number of amides is 5. The van der Waals surface area contributed by atoms with Crippen molar-refractivity contribution in [1.82, 2.24) is 26.6 Å². The Bertz CT molecular complexity index is 1450. The molecule has 1 aromatic carbocycles. The molecular formula is C57H103N5O9. The molecule has 410 valence electrons. The van der Waals surface area contributed by atoms with Crippen LogP contribution in [0.15, 0.2) is 18.2 Å². The summed E-state index contributed by atoms with van der Waals surface area (Å²) in [5.74, 6) is -0.0759. The van der Waals surface area contributed by atoms with Gasteiger partial charge in [0.2, 0.25) is 11.8 Å². The van der Waals surface area contributed by atoms with E-state index in [1.807, 2.05) is 0 Å². The van der Waals surface area contributed by atoms with Crippen molar-refractivity contribution in [2.24, 2.45) is 11.8 Å². The van der Waals surface area contributed by atoms with Crippen LogP contribution in [0.2, 0.25) is 0 Å². The predicted molar refractivity (Wildman–Crippen MR) is 288 cm³/mol. The zero-order valence-electron chi connectivity index (χ0n) is 46.0. The Hall–Kier alpha value is -3.91. The molecule has 1 aromatic rings. The highest BCUT2D eigenvalue weighted by molar-refractivity contribution is 6.00. The minimum Gasteiger partial charge on any atom is -0.492 e. The summed E-state index contributed by atoms with van der Waals surface area (Å²) < 4.78 is 22.8. The number of carbonyl (C=O) groups is 5. The zero-order valence-corrected chi connectivity index (χ0v) is 46.0. The second-order valence-corrected chi connectivity index (χ2v) is 20.3. The van der Waals surface area contributed by atoms with E-state index in [1.54, 1.807) is 32.9 Å². The number of carbonyl (C=O) groups excluding carboxylic acids is 5. The van der Waals surface area contributed by atoms with Gasteiger partial charge in [0.05, 0.1) is 19.8 Å². The van der Waals surface area contributed by atoms with E-state index in [0.29, 0.717) is 39.1 Å². The third-order valence-electron chi connectivity index (χ3n) is 12.4. The third-order valence-corrected chi connectivity index (χ3v) is 12.4. The molecular weight excluding hydrogens is 899 g/mol. The second-order valence-electron chi connectivity index (χ2n) is 20.3. The summed E-state index contributed by atoms with van der Waals surface area (Å²) >= 11 is 0. The molecule has 0 fully saturated rings. The van der Waals surface area contributed by atoms with Gasteiger partial charge < -0.3 is 45.5 Å².